The van der Waals surface area contributed by atoms with E-state index in [-0.39, 0.29) is 11.4 Å². The summed E-state index contributed by atoms with van der Waals surface area (Å²) >= 11 is 0. The second-order valence-electron chi connectivity index (χ2n) is 2.53. The van der Waals surface area contributed by atoms with Crippen molar-refractivity contribution >= 4 is 5.69 Å². The molecule has 0 aliphatic heterocycles. The molecule has 2 N–H and O–H groups in total. The van der Waals surface area contributed by atoms with Gasteiger partial charge in [0.05, 0.1) is 0 Å². The Kier molecular flexibility index (Phi) is 2.03. The predicted octanol–water partition coefficient (Wildman–Crippen LogP) is -0.851. The van der Waals surface area contributed by atoms with E-state index in [1.165, 1.54) is 10.8 Å². The molecule has 0 radical (unpaired) electrons. The van der Waals surface area contributed by atoms with Gasteiger partial charge >= 0.3 is 5.69 Å². The van der Waals surface area contributed by atoms with Crippen LogP contribution in [0.15, 0.2) is 15.8 Å². The molecule has 0 saturated heterocycles. The molecule has 12 heavy (non-hydrogen) atoms. The molecule has 0 aliphatic rings. The Labute approximate surface area is 69.0 Å². The van der Waals surface area contributed by atoms with Crippen molar-refractivity contribution in [2.24, 2.45) is 7.05 Å². The van der Waals surface area contributed by atoms with Crippen LogP contribution in [0, 0.1) is 0 Å². The van der Waals surface area contributed by atoms with Gasteiger partial charge < -0.3 is 10.3 Å². The van der Waals surface area contributed by atoms with Gasteiger partial charge in [-0.25, -0.2) is 4.79 Å². The monoisotopic (exact) mass is 169 g/mol. The number of rotatable bonds is 1. The van der Waals surface area contributed by atoms with Gasteiger partial charge in [0.2, 0.25) is 0 Å². The molecule has 66 valence electrons. The molecule has 1 aromatic rings. The van der Waals surface area contributed by atoms with E-state index < -0.39 is 5.56 Å². The average molecular weight is 169 g/mol. The number of nitrogens with zero attached hydrogens (tertiary/aromatic N) is 2. The standard InChI is InChI=1S/C7H11N3O2/c1-3-10-6(11)5(8)4-9(2)7(10)12/h4H,3,8H2,1-2H3. The lowest BCUT2D eigenvalue weighted by Gasteiger charge is -2.04. The Hall–Kier alpha value is -1.52. The summed E-state index contributed by atoms with van der Waals surface area (Å²) in [5, 5.41) is 0. The van der Waals surface area contributed by atoms with E-state index in [0.29, 0.717) is 6.54 Å². The highest BCUT2D eigenvalue weighted by Crippen LogP contribution is 1.85. The number of aryl methyl sites for hydroxylation is 1. The molecular formula is C7H11N3O2. The van der Waals surface area contributed by atoms with Crippen molar-refractivity contribution < 1.29 is 0 Å². The molecule has 1 aromatic heterocycles. The molecule has 1 rings (SSSR count). The third kappa shape index (κ3) is 1.13. The van der Waals surface area contributed by atoms with Crippen LogP contribution in [0.1, 0.15) is 6.92 Å². The van der Waals surface area contributed by atoms with Gasteiger partial charge in [-0.05, 0) is 6.92 Å². The average Bonchev–Trinajstić information content (AvgIpc) is 2.02. The first kappa shape index (κ1) is 8.58. The molecule has 1 heterocycles. The maximum atomic E-state index is 11.2. The van der Waals surface area contributed by atoms with Crippen LogP contribution in [0.3, 0.4) is 0 Å². The van der Waals surface area contributed by atoms with Crippen molar-refractivity contribution in [1.29, 1.82) is 0 Å². The largest absolute Gasteiger partial charge is 0.393 e. The molecule has 0 atom stereocenters. The Morgan fingerprint density at radius 2 is 2.08 bits per heavy atom. The summed E-state index contributed by atoms with van der Waals surface area (Å²) in [5.41, 5.74) is 4.72. The van der Waals surface area contributed by atoms with Crippen LogP contribution in [-0.4, -0.2) is 9.13 Å². The van der Waals surface area contributed by atoms with Gasteiger partial charge in [0, 0.05) is 19.8 Å². The first-order valence-corrected chi connectivity index (χ1v) is 3.64. The smallest absolute Gasteiger partial charge is 0.330 e. The summed E-state index contributed by atoms with van der Waals surface area (Å²) in [6.45, 7) is 2.07. The number of nitrogen functional groups attached to an aromatic ring is 1. The molecule has 5 nitrogen and oxygen atoms in total. The number of nitrogens with two attached hydrogens (primary N) is 1. The lowest BCUT2D eigenvalue weighted by atomic mass is 10.5. The predicted molar refractivity (Wildman–Crippen MR) is 46.0 cm³/mol. The van der Waals surface area contributed by atoms with Crippen LogP contribution >= 0.6 is 0 Å². The summed E-state index contributed by atoms with van der Waals surface area (Å²) < 4.78 is 2.38. The zero-order chi connectivity index (χ0) is 9.30. The van der Waals surface area contributed by atoms with Gasteiger partial charge in [-0.2, -0.15) is 0 Å². The Morgan fingerprint density at radius 3 is 2.58 bits per heavy atom. The molecule has 0 aliphatic carbocycles. The maximum Gasteiger partial charge on any atom is 0.330 e. The van der Waals surface area contributed by atoms with Crippen molar-refractivity contribution in [1.82, 2.24) is 9.13 Å². The molecule has 0 saturated carbocycles. The van der Waals surface area contributed by atoms with Crippen molar-refractivity contribution in [3.05, 3.63) is 27.0 Å². The van der Waals surface area contributed by atoms with E-state index in [9.17, 15) is 9.59 Å². The molecule has 0 unspecified atom stereocenters. The van der Waals surface area contributed by atoms with Gasteiger partial charge in [-0.1, -0.05) is 0 Å². The maximum absolute atomic E-state index is 11.2. The van der Waals surface area contributed by atoms with E-state index in [2.05, 4.69) is 0 Å². The fourth-order valence-corrected chi connectivity index (χ4v) is 1.03. The van der Waals surface area contributed by atoms with Crippen LogP contribution in [0.2, 0.25) is 0 Å². The summed E-state index contributed by atoms with van der Waals surface area (Å²) in [6, 6.07) is 0. The molecule has 0 aromatic carbocycles. The fraction of sp³-hybridized carbons (Fsp3) is 0.429. The van der Waals surface area contributed by atoms with Crippen molar-refractivity contribution in [2.75, 3.05) is 5.73 Å². The van der Waals surface area contributed by atoms with Gasteiger partial charge in [0.15, 0.2) is 0 Å². The lowest BCUT2D eigenvalue weighted by molar-refractivity contribution is 0.625. The summed E-state index contributed by atoms with van der Waals surface area (Å²) in [5.74, 6) is 0. The Bertz CT molecular complexity index is 368. The van der Waals surface area contributed by atoms with Gasteiger partial charge in [0.25, 0.3) is 5.56 Å². The van der Waals surface area contributed by atoms with E-state index in [4.69, 9.17) is 5.73 Å². The second-order valence-corrected chi connectivity index (χ2v) is 2.53. The third-order valence-electron chi connectivity index (χ3n) is 1.67. The zero-order valence-corrected chi connectivity index (χ0v) is 7.07. The Balaban J connectivity index is 3.65. The van der Waals surface area contributed by atoms with Crippen molar-refractivity contribution in [3.8, 4) is 0 Å². The minimum absolute atomic E-state index is 0.0963. The molecule has 0 amide bonds. The SMILES string of the molecule is CCn1c(=O)c(N)cn(C)c1=O. The first-order valence-electron chi connectivity index (χ1n) is 3.64. The first-order chi connectivity index (χ1) is 5.57. The lowest BCUT2D eigenvalue weighted by Crippen LogP contribution is -2.39. The van der Waals surface area contributed by atoms with Gasteiger partial charge in [-0.3, -0.25) is 9.36 Å². The number of hydrogen-bond acceptors (Lipinski definition) is 3. The van der Waals surface area contributed by atoms with E-state index >= 15 is 0 Å². The minimum atomic E-state index is -0.416. The number of hydrogen-bond donors (Lipinski definition) is 1. The topological polar surface area (TPSA) is 70.0 Å². The molecule has 0 fully saturated rings. The van der Waals surface area contributed by atoms with E-state index in [1.54, 1.807) is 14.0 Å². The van der Waals surface area contributed by atoms with Gasteiger partial charge in [-0.15, -0.1) is 0 Å². The third-order valence-corrected chi connectivity index (χ3v) is 1.67. The highest BCUT2D eigenvalue weighted by atomic mass is 16.2. The number of aromatic nitrogens is 2. The van der Waals surface area contributed by atoms with Gasteiger partial charge in [0.1, 0.15) is 5.69 Å². The Morgan fingerprint density at radius 1 is 1.50 bits per heavy atom. The van der Waals surface area contributed by atoms with Crippen LogP contribution < -0.4 is 17.0 Å². The molecular weight excluding hydrogens is 158 g/mol. The number of anilines is 1. The van der Waals surface area contributed by atoms with E-state index in [0.717, 1.165) is 4.57 Å². The summed E-state index contributed by atoms with van der Waals surface area (Å²) in [4.78, 5) is 22.4. The molecule has 0 bridgehead atoms. The van der Waals surface area contributed by atoms with Crippen LogP contribution in [0.5, 0.6) is 0 Å². The quantitative estimate of drug-likeness (QED) is 0.595. The van der Waals surface area contributed by atoms with Crippen molar-refractivity contribution in [2.45, 2.75) is 13.5 Å². The highest BCUT2D eigenvalue weighted by Gasteiger charge is 2.03. The highest BCUT2D eigenvalue weighted by molar-refractivity contribution is 5.30. The van der Waals surface area contributed by atoms with Crippen LogP contribution in [0.4, 0.5) is 5.69 Å². The van der Waals surface area contributed by atoms with Crippen LogP contribution in [0.25, 0.3) is 0 Å². The fourth-order valence-electron chi connectivity index (χ4n) is 1.03. The molecule has 5 heteroatoms. The summed E-state index contributed by atoms with van der Waals surface area (Å²) in [6.07, 6.45) is 1.33. The van der Waals surface area contributed by atoms with Crippen LogP contribution in [-0.2, 0) is 13.6 Å². The van der Waals surface area contributed by atoms with E-state index in [1.807, 2.05) is 0 Å². The summed E-state index contributed by atoms with van der Waals surface area (Å²) in [7, 11) is 1.56. The zero-order valence-electron chi connectivity index (χ0n) is 7.07. The minimum Gasteiger partial charge on any atom is -0.393 e. The van der Waals surface area contributed by atoms with Crippen molar-refractivity contribution in [3.63, 3.8) is 0 Å². The molecule has 0 spiro atoms. The normalized spacial score (nSPS) is 10.2. The second kappa shape index (κ2) is 2.84.